The SMILES string of the molecule is O=C(Oc1ccc(N2CCCC2=O)cc1)/C(=C\c1ccco1)n1nnnc1-c1ccccc1. The normalized spacial score (nSPS) is 14.0. The van der Waals surface area contributed by atoms with E-state index in [0.29, 0.717) is 30.3 Å². The fraction of sp³-hybridized carbons (Fsp3) is 0.125. The van der Waals surface area contributed by atoms with E-state index in [1.165, 1.54) is 17.0 Å². The van der Waals surface area contributed by atoms with Crippen molar-refractivity contribution in [2.24, 2.45) is 0 Å². The number of rotatable bonds is 6. The molecular weight excluding hydrogens is 422 g/mol. The number of benzene rings is 2. The molecule has 3 heterocycles. The molecule has 9 heteroatoms. The molecule has 164 valence electrons. The Balaban J connectivity index is 1.44. The number of tetrazole rings is 1. The average Bonchev–Trinajstić information content (AvgIpc) is 3.61. The highest BCUT2D eigenvalue weighted by atomic mass is 16.5. The molecule has 1 aliphatic rings. The summed E-state index contributed by atoms with van der Waals surface area (Å²) in [6, 6.07) is 19.5. The number of hydrogen-bond donors (Lipinski definition) is 0. The smallest absolute Gasteiger partial charge is 0.362 e. The minimum atomic E-state index is -0.666. The van der Waals surface area contributed by atoms with Gasteiger partial charge < -0.3 is 14.1 Å². The maximum atomic E-state index is 13.2. The number of esters is 1. The second-order valence-electron chi connectivity index (χ2n) is 7.36. The van der Waals surface area contributed by atoms with Crippen LogP contribution < -0.4 is 9.64 Å². The second-order valence-corrected chi connectivity index (χ2v) is 7.36. The van der Waals surface area contributed by atoms with Crippen LogP contribution in [0.15, 0.2) is 77.4 Å². The van der Waals surface area contributed by atoms with Crippen molar-refractivity contribution < 1.29 is 18.7 Å². The summed E-state index contributed by atoms with van der Waals surface area (Å²) in [5, 5.41) is 11.8. The van der Waals surface area contributed by atoms with E-state index >= 15 is 0 Å². The molecule has 0 aliphatic carbocycles. The fourth-order valence-corrected chi connectivity index (χ4v) is 3.61. The topological polar surface area (TPSA) is 103 Å². The van der Waals surface area contributed by atoms with E-state index in [-0.39, 0.29) is 11.6 Å². The van der Waals surface area contributed by atoms with E-state index in [1.54, 1.807) is 41.3 Å². The van der Waals surface area contributed by atoms with Crippen LogP contribution in [0.4, 0.5) is 5.69 Å². The number of aromatic nitrogens is 4. The Morgan fingerprint density at radius 2 is 1.85 bits per heavy atom. The second kappa shape index (κ2) is 8.91. The number of ether oxygens (including phenoxy) is 1. The van der Waals surface area contributed by atoms with E-state index in [0.717, 1.165) is 17.7 Å². The first-order valence-corrected chi connectivity index (χ1v) is 10.4. The molecule has 0 atom stereocenters. The van der Waals surface area contributed by atoms with Crippen molar-refractivity contribution in [3.05, 3.63) is 78.8 Å². The number of nitrogens with zero attached hydrogens (tertiary/aromatic N) is 5. The zero-order valence-electron chi connectivity index (χ0n) is 17.5. The van der Waals surface area contributed by atoms with E-state index in [1.807, 2.05) is 30.3 Å². The van der Waals surface area contributed by atoms with Gasteiger partial charge in [0.25, 0.3) is 0 Å². The molecule has 5 rings (SSSR count). The van der Waals surface area contributed by atoms with Crippen LogP contribution in [0.2, 0.25) is 0 Å². The molecule has 1 saturated heterocycles. The lowest BCUT2D eigenvalue weighted by atomic mass is 10.2. The van der Waals surface area contributed by atoms with Gasteiger partial charge in [0.15, 0.2) is 11.5 Å². The van der Waals surface area contributed by atoms with Gasteiger partial charge in [0.2, 0.25) is 5.91 Å². The summed E-state index contributed by atoms with van der Waals surface area (Å²) in [6.07, 6.45) is 4.41. The maximum Gasteiger partial charge on any atom is 0.362 e. The maximum absolute atomic E-state index is 13.2. The van der Waals surface area contributed by atoms with Crippen LogP contribution in [0.5, 0.6) is 5.75 Å². The van der Waals surface area contributed by atoms with Gasteiger partial charge in [-0.25, -0.2) is 4.79 Å². The van der Waals surface area contributed by atoms with Crippen LogP contribution in [0.3, 0.4) is 0 Å². The first-order valence-electron chi connectivity index (χ1n) is 10.4. The molecule has 4 aromatic rings. The Hall–Kier alpha value is -4.53. The number of carbonyl (C=O) groups excluding carboxylic acids is 2. The molecule has 2 aromatic heterocycles. The van der Waals surface area contributed by atoms with Gasteiger partial charge in [0, 0.05) is 30.3 Å². The molecule has 1 fully saturated rings. The van der Waals surface area contributed by atoms with Crippen LogP contribution >= 0.6 is 0 Å². The lowest BCUT2D eigenvalue weighted by molar-refractivity contribution is -0.128. The monoisotopic (exact) mass is 441 g/mol. The minimum absolute atomic E-state index is 0.0765. The van der Waals surface area contributed by atoms with Gasteiger partial charge in [-0.2, -0.15) is 4.68 Å². The predicted molar refractivity (Wildman–Crippen MR) is 120 cm³/mol. The lowest BCUT2D eigenvalue weighted by Gasteiger charge is -2.16. The van der Waals surface area contributed by atoms with Gasteiger partial charge in [0.05, 0.1) is 6.26 Å². The highest BCUT2D eigenvalue weighted by molar-refractivity contribution is 6.16. The summed E-state index contributed by atoms with van der Waals surface area (Å²) >= 11 is 0. The molecule has 0 bridgehead atoms. The van der Waals surface area contributed by atoms with Crippen molar-refractivity contribution in [2.45, 2.75) is 12.8 Å². The Morgan fingerprint density at radius 1 is 1.03 bits per heavy atom. The zero-order chi connectivity index (χ0) is 22.6. The van der Waals surface area contributed by atoms with Crippen molar-refractivity contribution in [2.75, 3.05) is 11.4 Å². The summed E-state index contributed by atoms with van der Waals surface area (Å²) in [4.78, 5) is 26.9. The van der Waals surface area contributed by atoms with Crippen molar-refractivity contribution in [1.82, 2.24) is 20.2 Å². The van der Waals surface area contributed by atoms with Crippen LogP contribution in [-0.2, 0) is 9.59 Å². The molecule has 9 nitrogen and oxygen atoms in total. The Labute approximate surface area is 188 Å². The van der Waals surface area contributed by atoms with Gasteiger partial charge in [0.1, 0.15) is 11.5 Å². The van der Waals surface area contributed by atoms with Crippen molar-refractivity contribution in [3.63, 3.8) is 0 Å². The number of hydrogen-bond acceptors (Lipinski definition) is 7. The molecule has 0 N–H and O–H groups in total. The third kappa shape index (κ3) is 4.29. The highest BCUT2D eigenvalue weighted by Crippen LogP contribution is 2.26. The molecule has 0 spiro atoms. The van der Waals surface area contributed by atoms with E-state index < -0.39 is 5.97 Å². The largest absolute Gasteiger partial charge is 0.465 e. The van der Waals surface area contributed by atoms with Crippen LogP contribution in [0, 0.1) is 0 Å². The summed E-state index contributed by atoms with van der Waals surface area (Å²) in [5.41, 5.74) is 1.59. The molecule has 2 aromatic carbocycles. The molecule has 1 amide bonds. The predicted octanol–water partition coefficient (Wildman–Crippen LogP) is 3.66. The van der Waals surface area contributed by atoms with Gasteiger partial charge in [-0.05, 0) is 53.2 Å². The fourth-order valence-electron chi connectivity index (χ4n) is 3.61. The van der Waals surface area contributed by atoms with E-state index in [4.69, 9.17) is 9.15 Å². The number of furan rings is 1. The van der Waals surface area contributed by atoms with Gasteiger partial charge >= 0.3 is 5.97 Å². The Bertz CT molecular complexity index is 1290. The first-order chi connectivity index (χ1) is 16.2. The van der Waals surface area contributed by atoms with Crippen molar-refractivity contribution in [3.8, 4) is 17.1 Å². The summed E-state index contributed by atoms with van der Waals surface area (Å²) in [5.74, 6) is 0.582. The van der Waals surface area contributed by atoms with Crippen LogP contribution in [0.25, 0.3) is 23.2 Å². The van der Waals surface area contributed by atoms with Crippen molar-refractivity contribution in [1.29, 1.82) is 0 Å². The summed E-state index contributed by atoms with van der Waals surface area (Å²) in [7, 11) is 0. The van der Waals surface area contributed by atoms with Gasteiger partial charge in [-0.1, -0.05) is 30.3 Å². The standard InChI is InChI=1S/C24H19N5O4/c30-22-9-4-14-28(22)18-10-12-19(13-11-18)33-24(31)21(16-20-8-5-15-32-20)29-23(25-26-27-29)17-6-2-1-3-7-17/h1-3,5-8,10-13,15-16H,4,9,14H2/b21-16+. The van der Waals surface area contributed by atoms with Gasteiger partial charge in [-0.15, -0.1) is 5.10 Å². The molecule has 0 radical (unpaired) electrons. The third-order valence-electron chi connectivity index (χ3n) is 5.19. The molecule has 33 heavy (non-hydrogen) atoms. The van der Waals surface area contributed by atoms with Gasteiger partial charge in [-0.3, -0.25) is 4.79 Å². The molecular formula is C24H19N5O4. The summed E-state index contributed by atoms with van der Waals surface area (Å²) in [6.45, 7) is 0.690. The van der Waals surface area contributed by atoms with Crippen molar-refractivity contribution >= 4 is 29.3 Å². The third-order valence-corrected chi connectivity index (χ3v) is 5.19. The Kier molecular flexibility index (Phi) is 5.50. The Morgan fingerprint density at radius 3 is 2.55 bits per heavy atom. The minimum Gasteiger partial charge on any atom is -0.465 e. The first kappa shape index (κ1) is 20.4. The number of carbonyl (C=O) groups is 2. The van der Waals surface area contributed by atoms with E-state index in [9.17, 15) is 9.59 Å². The van der Waals surface area contributed by atoms with Crippen LogP contribution in [-0.4, -0.2) is 38.6 Å². The highest BCUT2D eigenvalue weighted by Gasteiger charge is 2.23. The zero-order valence-corrected chi connectivity index (χ0v) is 17.5. The molecule has 0 unspecified atom stereocenters. The molecule has 1 aliphatic heterocycles. The average molecular weight is 441 g/mol. The lowest BCUT2D eigenvalue weighted by Crippen LogP contribution is -2.23. The number of amides is 1. The summed E-state index contributed by atoms with van der Waals surface area (Å²) < 4.78 is 12.3. The molecule has 0 saturated carbocycles. The quantitative estimate of drug-likeness (QED) is 0.255. The number of anilines is 1. The van der Waals surface area contributed by atoms with Crippen LogP contribution in [0.1, 0.15) is 18.6 Å². The van der Waals surface area contributed by atoms with E-state index in [2.05, 4.69) is 15.5 Å².